The van der Waals surface area contributed by atoms with Gasteiger partial charge in [-0.15, -0.1) is 11.3 Å². The average molecular weight is 362 g/mol. The molecule has 0 atom stereocenters. The molecule has 18 heavy (non-hydrogen) atoms. The van der Waals surface area contributed by atoms with Gasteiger partial charge in [-0.3, -0.25) is 0 Å². The minimum absolute atomic E-state index is 0.570. The van der Waals surface area contributed by atoms with Crippen LogP contribution in [0.5, 0.6) is 0 Å². The third-order valence-corrected chi connectivity index (χ3v) is 4.96. The van der Waals surface area contributed by atoms with E-state index in [-0.39, 0.29) is 0 Å². The Balaban J connectivity index is 2.15. The monoisotopic (exact) mass is 360 g/mol. The molecule has 2 aromatic rings. The van der Waals surface area contributed by atoms with Gasteiger partial charge in [0, 0.05) is 20.9 Å². The van der Waals surface area contributed by atoms with E-state index in [0.717, 1.165) is 19.4 Å². The van der Waals surface area contributed by atoms with Crippen LogP contribution in [0.25, 0.3) is 0 Å². The molecule has 0 fully saturated rings. The van der Waals surface area contributed by atoms with Crippen LogP contribution in [0.15, 0.2) is 28.7 Å². The first kappa shape index (κ1) is 13.7. The second kappa shape index (κ2) is 5.94. The molecule has 1 heterocycles. The lowest BCUT2D eigenvalue weighted by atomic mass is 10.2. The minimum Gasteiger partial charge on any atom is -0.379 e. The average Bonchev–Trinajstić information content (AvgIpc) is 2.66. The molecule has 0 aliphatic carbocycles. The fourth-order valence-corrected chi connectivity index (χ4v) is 3.32. The van der Waals surface area contributed by atoms with Crippen LogP contribution in [-0.4, -0.2) is 0 Å². The van der Waals surface area contributed by atoms with E-state index in [1.807, 2.05) is 6.07 Å². The van der Waals surface area contributed by atoms with E-state index >= 15 is 0 Å². The molecule has 0 bridgehead atoms. The van der Waals surface area contributed by atoms with Gasteiger partial charge in [-0.2, -0.15) is 5.26 Å². The van der Waals surface area contributed by atoms with Crippen LogP contribution >= 0.6 is 50.5 Å². The van der Waals surface area contributed by atoms with Gasteiger partial charge in [-0.1, -0.05) is 23.2 Å². The summed E-state index contributed by atoms with van der Waals surface area (Å²) < 4.78 is 1.61. The molecule has 0 saturated carbocycles. The van der Waals surface area contributed by atoms with Crippen molar-refractivity contribution in [2.75, 3.05) is 5.32 Å². The molecular formula is C12H7BrCl2N2S. The number of benzene rings is 1. The Labute approximate surface area is 127 Å². The molecule has 92 valence electrons. The van der Waals surface area contributed by atoms with Crippen LogP contribution in [-0.2, 0) is 6.54 Å². The van der Waals surface area contributed by atoms with Gasteiger partial charge in [0.15, 0.2) is 0 Å². The predicted molar refractivity (Wildman–Crippen MR) is 80.5 cm³/mol. The highest BCUT2D eigenvalue weighted by atomic mass is 79.9. The zero-order valence-electron chi connectivity index (χ0n) is 9.01. The van der Waals surface area contributed by atoms with Crippen LogP contribution < -0.4 is 5.32 Å². The summed E-state index contributed by atoms with van der Waals surface area (Å²) in [5.74, 6) is 0. The molecule has 0 unspecified atom stereocenters. The summed E-state index contributed by atoms with van der Waals surface area (Å²) in [6.07, 6.45) is 0. The Kier molecular flexibility index (Phi) is 4.52. The predicted octanol–water partition coefficient (Wildman–Crippen LogP) is 5.30. The van der Waals surface area contributed by atoms with E-state index in [1.165, 1.54) is 11.3 Å². The molecule has 0 aliphatic heterocycles. The largest absolute Gasteiger partial charge is 0.379 e. The Hall–Kier alpha value is -0.730. The third-order valence-electron chi connectivity index (χ3n) is 2.25. The summed E-state index contributed by atoms with van der Waals surface area (Å²) in [4.78, 5) is 1.08. The van der Waals surface area contributed by atoms with Crippen molar-refractivity contribution >= 4 is 56.2 Å². The highest BCUT2D eigenvalue weighted by molar-refractivity contribution is 9.10. The van der Waals surface area contributed by atoms with Gasteiger partial charge in [-0.25, -0.2) is 0 Å². The molecule has 1 aromatic heterocycles. The molecule has 0 aliphatic rings. The number of nitriles is 1. The second-order valence-electron chi connectivity index (χ2n) is 3.49. The Bertz CT molecular complexity index is 600. The van der Waals surface area contributed by atoms with Crippen LogP contribution in [0.3, 0.4) is 0 Å². The van der Waals surface area contributed by atoms with Crippen molar-refractivity contribution in [1.29, 1.82) is 5.26 Å². The molecular weight excluding hydrogens is 355 g/mol. The first-order valence-electron chi connectivity index (χ1n) is 4.97. The van der Waals surface area contributed by atoms with Gasteiger partial charge in [0.2, 0.25) is 0 Å². The van der Waals surface area contributed by atoms with Gasteiger partial charge in [-0.05, 0) is 40.2 Å². The molecule has 2 rings (SSSR count). The summed E-state index contributed by atoms with van der Waals surface area (Å²) in [6.45, 7) is 0.602. The standard InChI is InChI=1S/C12H7BrCl2N2S/c13-10-4-9(18-12(10)15)6-17-11-3-8(14)2-1-7(11)5-16/h1-4,17H,6H2. The Morgan fingerprint density at radius 3 is 2.72 bits per heavy atom. The van der Waals surface area contributed by atoms with Crippen LogP contribution in [0.4, 0.5) is 5.69 Å². The lowest BCUT2D eigenvalue weighted by Crippen LogP contribution is -1.99. The maximum Gasteiger partial charge on any atom is 0.107 e. The zero-order valence-corrected chi connectivity index (χ0v) is 12.9. The molecule has 6 heteroatoms. The molecule has 2 nitrogen and oxygen atoms in total. The first-order chi connectivity index (χ1) is 8.60. The van der Waals surface area contributed by atoms with Gasteiger partial charge in [0.1, 0.15) is 10.4 Å². The van der Waals surface area contributed by atoms with E-state index in [2.05, 4.69) is 27.3 Å². The third kappa shape index (κ3) is 3.18. The lowest BCUT2D eigenvalue weighted by Gasteiger charge is -2.07. The summed E-state index contributed by atoms with van der Waals surface area (Å²) in [7, 11) is 0. The molecule has 0 spiro atoms. The SMILES string of the molecule is N#Cc1ccc(Cl)cc1NCc1cc(Br)c(Cl)s1. The zero-order chi connectivity index (χ0) is 13.1. The van der Waals surface area contributed by atoms with Crippen molar-refractivity contribution in [2.45, 2.75) is 6.54 Å². The fraction of sp³-hybridized carbons (Fsp3) is 0.0833. The van der Waals surface area contributed by atoms with E-state index in [0.29, 0.717) is 17.1 Å². The lowest BCUT2D eigenvalue weighted by molar-refractivity contribution is 1.19. The van der Waals surface area contributed by atoms with Gasteiger partial charge in [0.05, 0.1) is 11.3 Å². The first-order valence-corrected chi connectivity index (χ1v) is 7.34. The van der Waals surface area contributed by atoms with Crippen molar-refractivity contribution in [3.05, 3.63) is 48.5 Å². The van der Waals surface area contributed by atoms with Crippen molar-refractivity contribution in [3.63, 3.8) is 0 Å². The van der Waals surface area contributed by atoms with E-state index in [4.69, 9.17) is 28.5 Å². The number of hydrogen-bond donors (Lipinski definition) is 1. The number of nitrogens with zero attached hydrogens (tertiary/aromatic N) is 1. The minimum atomic E-state index is 0.570. The molecule has 1 N–H and O–H groups in total. The van der Waals surface area contributed by atoms with E-state index in [9.17, 15) is 0 Å². The van der Waals surface area contributed by atoms with Gasteiger partial charge in [0.25, 0.3) is 0 Å². The molecule has 1 aromatic carbocycles. The summed E-state index contributed by atoms with van der Waals surface area (Å²) in [5, 5.41) is 12.8. The van der Waals surface area contributed by atoms with Crippen LogP contribution in [0.1, 0.15) is 10.4 Å². The number of anilines is 1. The van der Waals surface area contributed by atoms with Crippen LogP contribution in [0, 0.1) is 11.3 Å². The molecule has 0 radical (unpaired) electrons. The van der Waals surface area contributed by atoms with E-state index in [1.54, 1.807) is 18.2 Å². The van der Waals surface area contributed by atoms with Crippen molar-refractivity contribution < 1.29 is 0 Å². The number of thiophene rings is 1. The fourth-order valence-electron chi connectivity index (χ4n) is 1.42. The summed E-state index contributed by atoms with van der Waals surface area (Å²) >= 11 is 16.7. The van der Waals surface area contributed by atoms with Crippen molar-refractivity contribution in [3.8, 4) is 6.07 Å². The number of hydrogen-bond acceptors (Lipinski definition) is 3. The summed E-state index contributed by atoms with van der Waals surface area (Å²) in [6, 6.07) is 9.21. The second-order valence-corrected chi connectivity index (χ2v) is 6.52. The number of nitrogens with one attached hydrogen (secondary N) is 1. The number of rotatable bonds is 3. The maximum absolute atomic E-state index is 9.00. The Morgan fingerprint density at radius 2 is 2.11 bits per heavy atom. The van der Waals surface area contributed by atoms with Crippen molar-refractivity contribution in [1.82, 2.24) is 0 Å². The summed E-state index contributed by atoms with van der Waals surface area (Å²) in [5.41, 5.74) is 1.30. The normalized spacial score (nSPS) is 10.1. The quantitative estimate of drug-likeness (QED) is 0.804. The van der Waals surface area contributed by atoms with Crippen molar-refractivity contribution in [2.24, 2.45) is 0 Å². The Morgan fingerprint density at radius 1 is 1.33 bits per heavy atom. The maximum atomic E-state index is 9.00. The van der Waals surface area contributed by atoms with Crippen LogP contribution in [0.2, 0.25) is 9.36 Å². The molecule has 0 saturated heterocycles. The van der Waals surface area contributed by atoms with Gasteiger partial charge >= 0.3 is 0 Å². The number of halogens is 3. The highest BCUT2D eigenvalue weighted by Crippen LogP contribution is 2.32. The topological polar surface area (TPSA) is 35.8 Å². The smallest absolute Gasteiger partial charge is 0.107 e. The van der Waals surface area contributed by atoms with E-state index < -0.39 is 0 Å². The van der Waals surface area contributed by atoms with Gasteiger partial charge < -0.3 is 5.32 Å². The highest BCUT2D eigenvalue weighted by Gasteiger charge is 2.06. The molecule has 0 amide bonds.